The maximum atomic E-state index is 12.9. The molecule has 6 heteroatoms. The van der Waals surface area contributed by atoms with E-state index in [-0.39, 0.29) is 30.8 Å². The maximum Gasteiger partial charge on any atom is 0.190 e. The van der Waals surface area contributed by atoms with Crippen molar-refractivity contribution in [3.8, 4) is 0 Å². The van der Waals surface area contributed by atoms with Crippen molar-refractivity contribution < 1.29 is 31.9 Å². The number of rotatable bonds is 21. The highest BCUT2D eigenvalue weighted by atomic mass is 35.5. The van der Waals surface area contributed by atoms with E-state index in [9.17, 15) is 9.90 Å². The normalized spacial score (nSPS) is 13.7. The number of likely N-dealkylation sites (N-methyl/N-ethyl adjacent to an activating group) is 1. The zero-order chi connectivity index (χ0) is 22.0. The average molecular weight is 451 g/mol. The van der Waals surface area contributed by atoms with Gasteiger partial charge < -0.3 is 32.4 Å². The Hall–Kier alpha value is -0.200. The van der Waals surface area contributed by atoms with Crippen molar-refractivity contribution in [2.24, 2.45) is 0 Å². The number of Topliss-reactive ketones (excluding diaryl/α,β-unsaturated/α-hetero) is 1. The van der Waals surface area contributed by atoms with Crippen LogP contribution in [0.15, 0.2) is 0 Å². The number of nitrogens with one attached hydrogen (secondary N) is 1. The topological polar surface area (TPSA) is 69.6 Å². The summed E-state index contributed by atoms with van der Waals surface area (Å²) >= 11 is 0. The van der Waals surface area contributed by atoms with E-state index in [1.807, 2.05) is 0 Å². The van der Waals surface area contributed by atoms with Crippen LogP contribution in [0.1, 0.15) is 97.3 Å². The van der Waals surface area contributed by atoms with Crippen LogP contribution in [0.4, 0.5) is 0 Å². The summed E-state index contributed by atoms with van der Waals surface area (Å²) in [5.74, 6) is 0.286. The molecular weight excluding hydrogens is 400 g/mol. The Kier molecular flexibility index (Phi) is 22.1. The SMILES string of the molecule is CCCCCCCCCCCCCC(=O)C(CC(C)O)[N+](C)(C)CCNCCO.[Cl-]. The fourth-order valence-corrected chi connectivity index (χ4v) is 3.99. The van der Waals surface area contributed by atoms with Crippen molar-refractivity contribution in [1.29, 1.82) is 0 Å². The molecule has 0 aliphatic rings. The molecule has 0 aliphatic carbocycles. The van der Waals surface area contributed by atoms with Gasteiger partial charge in [-0.25, -0.2) is 0 Å². The second-order valence-corrected chi connectivity index (χ2v) is 9.33. The summed E-state index contributed by atoms with van der Waals surface area (Å²) in [7, 11) is 4.15. The molecule has 2 unspecified atom stereocenters. The number of nitrogens with zero attached hydrogens (tertiary/aromatic N) is 1. The average Bonchev–Trinajstić information content (AvgIpc) is 2.67. The van der Waals surface area contributed by atoms with Crippen LogP contribution in [0.3, 0.4) is 0 Å². The minimum absolute atomic E-state index is 0. The number of aliphatic hydroxyl groups is 2. The Bertz CT molecular complexity index is 393. The van der Waals surface area contributed by atoms with Crippen molar-refractivity contribution in [1.82, 2.24) is 5.32 Å². The molecule has 0 amide bonds. The summed E-state index contributed by atoms with van der Waals surface area (Å²) in [5, 5.41) is 22.0. The van der Waals surface area contributed by atoms with Crippen LogP contribution < -0.4 is 17.7 Å². The number of halogens is 1. The van der Waals surface area contributed by atoms with E-state index in [2.05, 4.69) is 26.3 Å². The highest BCUT2D eigenvalue weighted by molar-refractivity contribution is 5.82. The van der Waals surface area contributed by atoms with E-state index in [4.69, 9.17) is 5.11 Å². The third-order valence-corrected chi connectivity index (χ3v) is 5.96. The van der Waals surface area contributed by atoms with Gasteiger partial charge in [-0.15, -0.1) is 0 Å². The van der Waals surface area contributed by atoms with Gasteiger partial charge in [0.2, 0.25) is 0 Å². The van der Waals surface area contributed by atoms with Gasteiger partial charge >= 0.3 is 0 Å². The van der Waals surface area contributed by atoms with Gasteiger partial charge in [-0.1, -0.05) is 71.1 Å². The van der Waals surface area contributed by atoms with E-state index in [0.717, 1.165) is 25.9 Å². The number of ketones is 1. The quantitative estimate of drug-likeness (QED) is 0.181. The first-order valence-corrected chi connectivity index (χ1v) is 12.2. The molecule has 0 bridgehead atoms. The number of quaternary nitrogens is 1. The molecule has 0 aromatic carbocycles. The summed E-state index contributed by atoms with van der Waals surface area (Å²) in [5.41, 5.74) is 0. The zero-order valence-electron chi connectivity index (χ0n) is 20.3. The van der Waals surface area contributed by atoms with E-state index >= 15 is 0 Å². The molecule has 0 saturated carbocycles. The lowest BCUT2D eigenvalue weighted by atomic mass is 9.97. The highest BCUT2D eigenvalue weighted by Crippen LogP contribution is 2.18. The molecule has 30 heavy (non-hydrogen) atoms. The number of unbranched alkanes of at least 4 members (excludes halogenated alkanes) is 10. The van der Waals surface area contributed by atoms with Crippen molar-refractivity contribution in [3.63, 3.8) is 0 Å². The molecule has 3 N–H and O–H groups in total. The van der Waals surface area contributed by atoms with Crippen LogP contribution in [0.25, 0.3) is 0 Å². The first-order valence-electron chi connectivity index (χ1n) is 12.2. The number of carbonyl (C=O) groups is 1. The van der Waals surface area contributed by atoms with E-state index in [1.165, 1.54) is 57.8 Å². The molecule has 0 radical (unpaired) electrons. The molecule has 182 valence electrons. The van der Waals surface area contributed by atoms with Gasteiger partial charge in [-0.3, -0.25) is 4.79 Å². The monoisotopic (exact) mass is 450 g/mol. The number of hydrogen-bond donors (Lipinski definition) is 3. The smallest absolute Gasteiger partial charge is 0.190 e. The van der Waals surface area contributed by atoms with Crippen LogP contribution in [-0.2, 0) is 4.79 Å². The lowest BCUT2D eigenvalue weighted by molar-refractivity contribution is -0.905. The van der Waals surface area contributed by atoms with Crippen molar-refractivity contribution in [3.05, 3.63) is 0 Å². The third kappa shape index (κ3) is 17.5. The Labute approximate surface area is 193 Å². The second kappa shape index (κ2) is 20.7. The minimum atomic E-state index is -0.468. The third-order valence-electron chi connectivity index (χ3n) is 5.96. The highest BCUT2D eigenvalue weighted by Gasteiger charge is 2.34. The summed E-state index contributed by atoms with van der Waals surface area (Å²) in [6.45, 7) is 6.30. The van der Waals surface area contributed by atoms with Crippen molar-refractivity contribution >= 4 is 5.78 Å². The van der Waals surface area contributed by atoms with Gasteiger partial charge in [-0.05, 0) is 13.3 Å². The van der Waals surface area contributed by atoms with Gasteiger partial charge in [0.25, 0.3) is 0 Å². The molecule has 0 aromatic heterocycles. The molecule has 0 rings (SSSR count). The lowest BCUT2D eigenvalue weighted by Crippen LogP contribution is -3.00. The van der Waals surface area contributed by atoms with Crippen molar-refractivity contribution in [2.45, 2.75) is 109 Å². The number of carbonyl (C=O) groups excluding carboxylic acids is 1. The second-order valence-electron chi connectivity index (χ2n) is 9.33. The Morgan fingerprint density at radius 1 is 0.900 bits per heavy atom. The van der Waals surface area contributed by atoms with E-state index in [1.54, 1.807) is 6.92 Å². The molecule has 0 aromatic rings. The van der Waals surface area contributed by atoms with E-state index < -0.39 is 6.10 Å². The molecule has 0 fully saturated rings. The van der Waals surface area contributed by atoms with Gasteiger partial charge in [0.15, 0.2) is 11.8 Å². The predicted molar refractivity (Wildman–Crippen MR) is 123 cm³/mol. The molecule has 5 nitrogen and oxygen atoms in total. The molecule has 0 aliphatic heterocycles. The largest absolute Gasteiger partial charge is 1.00 e. The number of hydrogen-bond acceptors (Lipinski definition) is 4. The van der Waals surface area contributed by atoms with Gasteiger partial charge in [0, 0.05) is 25.9 Å². The summed E-state index contributed by atoms with van der Waals surface area (Å²) in [6.07, 6.45) is 14.8. The van der Waals surface area contributed by atoms with Crippen LogP contribution >= 0.6 is 0 Å². The van der Waals surface area contributed by atoms with Crippen LogP contribution in [-0.4, -0.2) is 73.0 Å². The van der Waals surface area contributed by atoms with Crippen LogP contribution in [0.2, 0.25) is 0 Å². The summed E-state index contributed by atoms with van der Waals surface area (Å²) in [4.78, 5) is 12.9. The zero-order valence-corrected chi connectivity index (χ0v) is 21.1. The van der Waals surface area contributed by atoms with Crippen LogP contribution in [0.5, 0.6) is 0 Å². The molecule has 2 atom stereocenters. The number of aliphatic hydroxyl groups excluding tert-OH is 2. The Morgan fingerprint density at radius 3 is 1.87 bits per heavy atom. The molecular formula is C24H51ClN2O3. The summed E-state index contributed by atoms with van der Waals surface area (Å²) in [6, 6.07) is -0.158. The predicted octanol–water partition coefficient (Wildman–Crippen LogP) is 1.06. The lowest BCUT2D eigenvalue weighted by Gasteiger charge is -2.38. The van der Waals surface area contributed by atoms with Crippen LogP contribution in [0, 0.1) is 0 Å². The molecule has 0 heterocycles. The fourth-order valence-electron chi connectivity index (χ4n) is 3.99. The summed E-state index contributed by atoms with van der Waals surface area (Å²) < 4.78 is 0.584. The van der Waals surface area contributed by atoms with Gasteiger partial charge in [-0.2, -0.15) is 0 Å². The van der Waals surface area contributed by atoms with Gasteiger partial charge in [0.1, 0.15) is 0 Å². The standard InChI is InChI=1S/C24H51N2O3.ClH/c1-5-6-7-8-9-10-11-12-13-14-15-16-24(29)23(21-22(2)28)26(3,4)19-17-25-18-20-27;/h22-23,25,27-28H,5-21H2,1-4H3;1H/q+1;/p-1. The maximum absolute atomic E-state index is 12.9. The first-order chi connectivity index (χ1) is 13.8. The van der Waals surface area contributed by atoms with Crippen molar-refractivity contribution in [2.75, 3.05) is 40.3 Å². The Morgan fingerprint density at radius 2 is 1.40 bits per heavy atom. The Balaban J connectivity index is 0. The minimum Gasteiger partial charge on any atom is -1.00 e. The first kappa shape index (κ1) is 32.0. The fraction of sp³-hybridized carbons (Fsp3) is 0.958. The van der Waals surface area contributed by atoms with Gasteiger partial charge in [0.05, 0.1) is 33.4 Å². The molecule has 0 saturated heterocycles. The van der Waals surface area contributed by atoms with E-state index in [0.29, 0.717) is 23.9 Å². The molecule has 0 spiro atoms.